The first-order valence-electron chi connectivity index (χ1n) is 10.1. The van der Waals surface area contributed by atoms with Gasteiger partial charge in [0.2, 0.25) is 0 Å². The number of rotatable bonds is 4. The largest absolute Gasteiger partial charge is 0.586 e. The molecular formula is C21H15F6N3O4. The molecule has 180 valence electrons. The van der Waals surface area contributed by atoms with Crippen LogP contribution in [0.4, 0.5) is 26.3 Å². The minimum absolute atomic E-state index is 0.0327. The Hall–Kier alpha value is -3.48. The Bertz CT molecular complexity index is 1260. The van der Waals surface area contributed by atoms with Gasteiger partial charge in [-0.2, -0.15) is 22.7 Å². The van der Waals surface area contributed by atoms with E-state index in [1.165, 1.54) is 18.2 Å². The molecule has 2 aromatic heterocycles. The summed E-state index contributed by atoms with van der Waals surface area (Å²) in [6.07, 6.45) is -8.06. The number of aromatic nitrogens is 3. The minimum atomic E-state index is -4.74. The molecule has 13 heteroatoms. The van der Waals surface area contributed by atoms with Crippen molar-refractivity contribution in [3.05, 3.63) is 58.9 Å². The van der Waals surface area contributed by atoms with E-state index >= 15 is 0 Å². The van der Waals surface area contributed by atoms with Crippen LogP contribution in [0.5, 0.6) is 17.2 Å². The summed E-state index contributed by atoms with van der Waals surface area (Å²) in [6, 6.07) is 4.95. The number of pyridine rings is 1. The fraction of sp³-hybridized carbons (Fsp3) is 0.333. The van der Waals surface area contributed by atoms with Crippen molar-refractivity contribution in [2.45, 2.75) is 44.4 Å². The number of nitrogens with zero attached hydrogens (tertiary/aromatic N) is 3. The van der Waals surface area contributed by atoms with Crippen LogP contribution in [0.25, 0.3) is 5.69 Å². The zero-order valence-corrected chi connectivity index (χ0v) is 17.1. The Balaban J connectivity index is 1.44. The van der Waals surface area contributed by atoms with Gasteiger partial charge < -0.3 is 19.3 Å². The number of hydrogen-bond acceptors (Lipinski definition) is 6. The van der Waals surface area contributed by atoms with Crippen molar-refractivity contribution in [1.29, 1.82) is 0 Å². The molecule has 1 aromatic carbocycles. The number of halogens is 6. The molecular weight excluding hydrogens is 472 g/mol. The molecule has 2 aliphatic rings. The second kappa shape index (κ2) is 7.79. The Kier molecular flexibility index (Phi) is 5.11. The SMILES string of the molecule is OC1CCCc2c(C(F)(F)F)nn(-c3cnc(F)c(OCc4ccc5c(c4)OC(F)(F)O5)c3)c21. The fourth-order valence-electron chi connectivity index (χ4n) is 3.96. The van der Waals surface area contributed by atoms with Crippen molar-refractivity contribution in [2.24, 2.45) is 0 Å². The highest BCUT2D eigenvalue weighted by molar-refractivity contribution is 5.46. The second-order valence-electron chi connectivity index (χ2n) is 7.75. The number of hydrogen-bond donors (Lipinski definition) is 1. The van der Waals surface area contributed by atoms with Crippen LogP contribution in [-0.4, -0.2) is 26.2 Å². The van der Waals surface area contributed by atoms with E-state index in [-0.39, 0.29) is 47.9 Å². The van der Waals surface area contributed by atoms with Crippen LogP contribution < -0.4 is 14.2 Å². The summed E-state index contributed by atoms with van der Waals surface area (Å²) >= 11 is 0. The monoisotopic (exact) mass is 487 g/mol. The normalized spacial score (nSPS) is 18.6. The molecule has 0 spiro atoms. The molecule has 1 atom stereocenters. The summed E-state index contributed by atoms with van der Waals surface area (Å²) < 4.78 is 96.1. The van der Waals surface area contributed by atoms with Crippen molar-refractivity contribution in [2.75, 3.05) is 0 Å². The van der Waals surface area contributed by atoms with Crippen LogP contribution in [0.15, 0.2) is 30.5 Å². The lowest BCUT2D eigenvalue weighted by molar-refractivity contribution is -0.286. The highest BCUT2D eigenvalue weighted by atomic mass is 19.4. The van der Waals surface area contributed by atoms with Crippen molar-refractivity contribution in [3.63, 3.8) is 0 Å². The number of benzene rings is 1. The summed E-state index contributed by atoms with van der Waals surface area (Å²) in [6.45, 7) is -0.294. The maximum absolute atomic E-state index is 14.3. The van der Waals surface area contributed by atoms with Crippen LogP contribution in [0.3, 0.4) is 0 Å². The maximum Gasteiger partial charge on any atom is 0.586 e. The van der Waals surface area contributed by atoms with Crippen molar-refractivity contribution >= 4 is 0 Å². The number of fused-ring (bicyclic) bond motifs is 2. The van der Waals surface area contributed by atoms with Gasteiger partial charge in [-0.05, 0) is 37.0 Å². The highest BCUT2D eigenvalue weighted by Gasteiger charge is 2.43. The zero-order valence-electron chi connectivity index (χ0n) is 17.1. The third-order valence-corrected chi connectivity index (χ3v) is 5.41. The van der Waals surface area contributed by atoms with Gasteiger partial charge in [-0.1, -0.05) is 6.07 Å². The molecule has 0 fully saturated rings. The quantitative estimate of drug-likeness (QED) is 0.425. The van der Waals surface area contributed by atoms with Gasteiger partial charge in [-0.15, -0.1) is 8.78 Å². The summed E-state index contributed by atoms with van der Waals surface area (Å²) in [4.78, 5) is 3.53. The van der Waals surface area contributed by atoms with Crippen LogP contribution in [-0.2, 0) is 19.2 Å². The Labute approximate surface area is 187 Å². The molecule has 3 aromatic rings. The molecule has 1 unspecified atom stereocenters. The first-order chi connectivity index (χ1) is 16.0. The van der Waals surface area contributed by atoms with E-state index in [0.29, 0.717) is 12.0 Å². The van der Waals surface area contributed by atoms with Gasteiger partial charge in [0, 0.05) is 11.6 Å². The van der Waals surface area contributed by atoms with Crippen LogP contribution in [0.2, 0.25) is 0 Å². The van der Waals surface area contributed by atoms with Crippen molar-refractivity contribution in [1.82, 2.24) is 14.8 Å². The van der Waals surface area contributed by atoms with Crippen LogP contribution >= 0.6 is 0 Å². The van der Waals surface area contributed by atoms with Gasteiger partial charge in [0.15, 0.2) is 22.9 Å². The Morgan fingerprint density at radius 1 is 1.18 bits per heavy atom. The molecule has 1 N–H and O–H groups in total. The third kappa shape index (κ3) is 4.00. The summed E-state index contributed by atoms with van der Waals surface area (Å²) in [5.74, 6) is -1.86. The molecule has 0 saturated carbocycles. The Morgan fingerprint density at radius 2 is 1.94 bits per heavy atom. The highest BCUT2D eigenvalue weighted by Crippen LogP contribution is 2.42. The molecule has 0 radical (unpaired) electrons. The van der Waals surface area contributed by atoms with E-state index in [1.54, 1.807) is 0 Å². The first-order valence-corrected chi connectivity index (χ1v) is 10.1. The molecule has 0 bridgehead atoms. The summed E-state index contributed by atoms with van der Waals surface area (Å²) in [5.41, 5.74) is -0.986. The fourth-order valence-corrected chi connectivity index (χ4v) is 3.96. The minimum Gasteiger partial charge on any atom is -0.484 e. The zero-order chi connectivity index (χ0) is 24.3. The second-order valence-corrected chi connectivity index (χ2v) is 7.75. The van der Waals surface area contributed by atoms with Gasteiger partial charge >= 0.3 is 12.5 Å². The molecule has 1 aliphatic heterocycles. The molecule has 3 heterocycles. The lowest BCUT2D eigenvalue weighted by atomic mass is 9.93. The molecule has 1 aliphatic carbocycles. The van der Waals surface area contributed by atoms with E-state index in [1.807, 2.05) is 0 Å². The Morgan fingerprint density at radius 3 is 2.71 bits per heavy atom. The topological polar surface area (TPSA) is 78.6 Å². The van der Waals surface area contributed by atoms with Gasteiger partial charge in [0.25, 0.3) is 5.95 Å². The lowest BCUT2D eigenvalue weighted by Crippen LogP contribution is -2.25. The van der Waals surface area contributed by atoms with Crippen molar-refractivity contribution < 1.29 is 45.7 Å². The molecule has 0 saturated heterocycles. The lowest BCUT2D eigenvalue weighted by Gasteiger charge is -2.20. The van der Waals surface area contributed by atoms with E-state index < -0.39 is 36.0 Å². The molecule has 0 amide bonds. The van der Waals surface area contributed by atoms with Gasteiger partial charge in [-0.25, -0.2) is 9.67 Å². The molecule has 5 rings (SSSR count). The van der Waals surface area contributed by atoms with Gasteiger partial charge in [-0.3, -0.25) is 0 Å². The van der Waals surface area contributed by atoms with Crippen molar-refractivity contribution in [3.8, 4) is 22.9 Å². The third-order valence-electron chi connectivity index (χ3n) is 5.41. The predicted molar refractivity (Wildman–Crippen MR) is 101 cm³/mol. The van der Waals surface area contributed by atoms with Gasteiger partial charge in [0.1, 0.15) is 6.61 Å². The number of aliphatic hydroxyl groups excluding tert-OH is 1. The summed E-state index contributed by atoms with van der Waals surface area (Å²) in [7, 11) is 0. The predicted octanol–water partition coefficient (Wildman–Crippen LogP) is 4.70. The number of alkyl halides is 5. The van der Waals surface area contributed by atoms with Gasteiger partial charge in [0.05, 0.1) is 23.7 Å². The van der Waals surface area contributed by atoms with E-state index in [0.717, 1.165) is 16.9 Å². The first kappa shape index (κ1) is 22.3. The van der Waals surface area contributed by atoms with Crippen LogP contribution in [0, 0.1) is 5.95 Å². The summed E-state index contributed by atoms with van der Waals surface area (Å²) in [5, 5.41) is 14.0. The molecule has 34 heavy (non-hydrogen) atoms. The van der Waals surface area contributed by atoms with E-state index in [4.69, 9.17) is 4.74 Å². The standard InChI is InChI=1S/C21H15F6N3O4/c22-19-16(32-9-10-4-5-14-15(6-10)34-21(26,27)33-14)7-11(8-28-19)30-17-12(2-1-3-13(17)31)18(29-30)20(23,24)25/h4-8,13,31H,1-3,9H2. The smallest absolute Gasteiger partial charge is 0.484 e. The average molecular weight is 487 g/mol. The number of ether oxygens (including phenoxy) is 3. The number of aliphatic hydroxyl groups is 1. The van der Waals surface area contributed by atoms with Crippen LogP contribution in [0.1, 0.15) is 41.5 Å². The van der Waals surface area contributed by atoms with E-state index in [9.17, 15) is 31.4 Å². The molecule has 7 nitrogen and oxygen atoms in total. The maximum atomic E-state index is 14.3. The van der Waals surface area contributed by atoms with E-state index in [2.05, 4.69) is 19.6 Å². The average Bonchev–Trinajstić information content (AvgIpc) is 3.30.